The fraction of sp³-hybridized carbons (Fsp3) is 0.100. The molecule has 2 heterocycles. The second-order valence-corrected chi connectivity index (χ2v) is 6.83. The third-order valence-corrected chi connectivity index (χ3v) is 4.66. The summed E-state index contributed by atoms with van der Waals surface area (Å²) >= 11 is 1.62. The van der Waals surface area contributed by atoms with Crippen LogP contribution in [0.3, 0.4) is 0 Å². The van der Waals surface area contributed by atoms with Crippen molar-refractivity contribution in [2.75, 3.05) is 12.1 Å². The van der Waals surface area contributed by atoms with E-state index in [-0.39, 0.29) is 12.7 Å². The van der Waals surface area contributed by atoms with Gasteiger partial charge in [0, 0.05) is 22.7 Å². The average Bonchev–Trinajstić information content (AvgIpc) is 3.29. The minimum absolute atomic E-state index is 0.195. The van der Waals surface area contributed by atoms with Crippen molar-refractivity contribution in [3.8, 4) is 22.8 Å². The van der Waals surface area contributed by atoms with Crippen LogP contribution < -0.4 is 14.8 Å². The number of aromatic nitrogens is 1. The molecule has 2 aromatic carbocycles. The van der Waals surface area contributed by atoms with Crippen LogP contribution in [-0.2, 0) is 4.79 Å². The van der Waals surface area contributed by atoms with Crippen molar-refractivity contribution in [2.45, 2.75) is 6.92 Å². The van der Waals surface area contributed by atoms with Crippen LogP contribution in [0.25, 0.3) is 17.3 Å². The summed E-state index contributed by atoms with van der Waals surface area (Å²) in [4.78, 5) is 16.6. The van der Waals surface area contributed by atoms with Gasteiger partial charge in [-0.15, -0.1) is 11.3 Å². The second-order valence-electron chi connectivity index (χ2n) is 5.76. The van der Waals surface area contributed by atoms with Crippen molar-refractivity contribution < 1.29 is 14.3 Å². The molecule has 1 aliphatic heterocycles. The van der Waals surface area contributed by atoms with E-state index in [0.29, 0.717) is 5.75 Å². The minimum Gasteiger partial charge on any atom is -0.454 e. The van der Waals surface area contributed by atoms with E-state index in [4.69, 9.17) is 9.47 Å². The van der Waals surface area contributed by atoms with Gasteiger partial charge in [0.05, 0.1) is 10.7 Å². The Kier molecular flexibility index (Phi) is 4.41. The quantitative estimate of drug-likeness (QED) is 0.693. The Morgan fingerprint density at radius 1 is 1.15 bits per heavy atom. The zero-order chi connectivity index (χ0) is 17.9. The molecular formula is C20H16N2O3S. The van der Waals surface area contributed by atoms with E-state index in [1.807, 2.05) is 54.8 Å². The van der Waals surface area contributed by atoms with E-state index < -0.39 is 0 Å². The molecule has 6 heteroatoms. The number of rotatable bonds is 4. The standard InChI is InChI=1S/C20H16N2O3S/c1-13-21-17(11-26-13)15-4-6-16(7-5-15)22-20(23)9-3-14-2-8-18-19(10-14)25-12-24-18/h2-11H,12H2,1H3,(H,22,23). The number of anilines is 1. The van der Waals surface area contributed by atoms with Crippen molar-refractivity contribution >= 4 is 29.0 Å². The first-order chi connectivity index (χ1) is 12.7. The van der Waals surface area contributed by atoms with Gasteiger partial charge in [-0.1, -0.05) is 18.2 Å². The van der Waals surface area contributed by atoms with E-state index in [0.717, 1.165) is 33.3 Å². The lowest BCUT2D eigenvalue weighted by Crippen LogP contribution is -2.07. The van der Waals surface area contributed by atoms with E-state index in [1.165, 1.54) is 6.08 Å². The van der Waals surface area contributed by atoms with Gasteiger partial charge < -0.3 is 14.8 Å². The number of nitrogens with one attached hydrogen (secondary N) is 1. The molecule has 0 radical (unpaired) electrons. The third-order valence-electron chi connectivity index (χ3n) is 3.89. The van der Waals surface area contributed by atoms with Gasteiger partial charge in [0.25, 0.3) is 0 Å². The molecule has 26 heavy (non-hydrogen) atoms. The van der Waals surface area contributed by atoms with Gasteiger partial charge in [-0.05, 0) is 42.8 Å². The maximum Gasteiger partial charge on any atom is 0.248 e. The van der Waals surface area contributed by atoms with Crippen molar-refractivity contribution in [2.24, 2.45) is 0 Å². The molecule has 0 aliphatic carbocycles. The van der Waals surface area contributed by atoms with Gasteiger partial charge in [-0.3, -0.25) is 4.79 Å². The van der Waals surface area contributed by atoms with E-state index in [2.05, 4.69) is 10.3 Å². The number of aryl methyl sites for hydroxylation is 1. The normalized spacial score (nSPS) is 12.5. The number of carbonyl (C=O) groups is 1. The molecule has 0 fully saturated rings. The Morgan fingerprint density at radius 3 is 2.73 bits per heavy atom. The number of benzene rings is 2. The largest absolute Gasteiger partial charge is 0.454 e. The number of thiazole rings is 1. The summed E-state index contributed by atoms with van der Waals surface area (Å²) in [6.45, 7) is 2.22. The lowest BCUT2D eigenvalue weighted by Gasteiger charge is -2.03. The molecule has 0 saturated heterocycles. The zero-order valence-corrected chi connectivity index (χ0v) is 14.9. The first kappa shape index (κ1) is 16.4. The number of fused-ring (bicyclic) bond motifs is 1. The molecule has 0 saturated carbocycles. The molecule has 0 spiro atoms. The highest BCUT2D eigenvalue weighted by molar-refractivity contribution is 7.09. The highest BCUT2D eigenvalue weighted by atomic mass is 32.1. The summed E-state index contributed by atoms with van der Waals surface area (Å²) in [5.74, 6) is 1.22. The SMILES string of the molecule is Cc1nc(-c2ccc(NC(=O)C=Cc3ccc4c(c3)OCO4)cc2)cs1. The van der Waals surface area contributed by atoms with Crippen LogP contribution in [0.15, 0.2) is 53.9 Å². The molecule has 130 valence electrons. The van der Waals surface area contributed by atoms with E-state index in [9.17, 15) is 4.79 Å². The molecule has 1 amide bonds. The summed E-state index contributed by atoms with van der Waals surface area (Å²) < 4.78 is 10.6. The Labute approximate surface area is 154 Å². The maximum absolute atomic E-state index is 12.1. The van der Waals surface area contributed by atoms with Crippen molar-refractivity contribution in [3.05, 3.63) is 64.5 Å². The topological polar surface area (TPSA) is 60.5 Å². The van der Waals surface area contributed by atoms with E-state index in [1.54, 1.807) is 17.4 Å². The predicted molar refractivity (Wildman–Crippen MR) is 103 cm³/mol. The molecule has 5 nitrogen and oxygen atoms in total. The Bertz CT molecular complexity index is 977. The van der Waals surface area contributed by atoms with Crippen molar-refractivity contribution in [3.63, 3.8) is 0 Å². The third kappa shape index (κ3) is 3.60. The van der Waals surface area contributed by atoms with Crippen LogP contribution >= 0.6 is 11.3 Å². The Balaban J connectivity index is 1.40. The van der Waals surface area contributed by atoms with Gasteiger partial charge >= 0.3 is 0 Å². The maximum atomic E-state index is 12.1. The van der Waals surface area contributed by atoms with Gasteiger partial charge in [0.15, 0.2) is 11.5 Å². The van der Waals surface area contributed by atoms with Gasteiger partial charge in [0.2, 0.25) is 12.7 Å². The molecule has 0 atom stereocenters. The summed E-state index contributed by atoms with van der Waals surface area (Å²) in [6.07, 6.45) is 3.24. The van der Waals surface area contributed by atoms with Gasteiger partial charge in [-0.2, -0.15) is 0 Å². The number of hydrogen-bond donors (Lipinski definition) is 1. The molecular weight excluding hydrogens is 348 g/mol. The number of carbonyl (C=O) groups excluding carboxylic acids is 1. The lowest BCUT2D eigenvalue weighted by atomic mass is 10.1. The summed E-state index contributed by atoms with van der Waals surface area (Å²) in [7, 11) is 0. The monoisotopic (exact) mass is 364 g/mol. The molecule has 3 aromatic rings. The molecule has 1 aromatic heterocycles. The van der Waals surface area contributed by atoms with Crippen molar-refractivity contribution in [1.82, 2.24) is 4.98 Å². The van der Waals surface area contributed by atoms with Crippen LogP contribution in [0.1, 0.15) is 10.6 Å². The first-order valence-electron chi connectivity index (χ1n) is 8.09. The predicted octanol–water partition coefficient (Wildman–Crippen LogP) is 4.50. The molecule has 0 bridgehead atoms. The lowest BCUT2D eigenvalue weighted by molar-refractivity contribution is -0.111. The van der Waals surface area contributed by atoms with Gasteiger partial charge in [0.1, 0.15) is 0 Å². The molecule has 4 rings (SSSR count). The number of hydrogen-bond acceptors (Lipinski definition) is 5. The summed E-state index contributed by atoms with van der Waals surface area (Å²) in [6, 6.07) is 13.2. The highest BCUT2D eigenvalue weighted by Crippen LogP contribution is 2.32. The fourth-order valence-electron chi connectivity index (χ4n) is 2.59. The second kappa shape index (κ2) is 7.01. The molecule has 1 N–H and O–H groups in total. The smallest absolute Gasteiger partial charge is 0.248 e. The fourth-order valence-corrected chi connectivity index (χ4v) is 3.21. The average molecular weight is 364 g/mol. The van der Waals surface area contributed by atoms with Crippen molar-refractivity contribution in [1.29, 1.82) is 0 Å². The number of ether oxygens (including phenoxy) is 2. The molecule has 1 aliphatic rings. The zero-order valence-electron chi connectivity index (χ0n) is 14.1. The van der Waals surface area contributed by atoms with Crippen LogP contribution in [0.5, 0.6) is 11.5 Å². The van der Waals surface area contributed by atoms with Gasteiger partial charge in [-0.25, -0.2) is 4.98 Å². The molecule has 0 unspecified atom stereocenters. The number of amides is 1. The van der Waals surface area contributed by atoms with Crippen LogP contribution in [0.2, 0.25) is 0 Å². The summed E-state index contributed by atoms with van der Waals surface area (Å²) in [5, 5.41) is 5.91. The highest BCUT2D eigenvalue weighted by Gasteiger charge is 2.12. The number of nitrogens with zero attached hydrogens (tertiary/aromatic N) is 1. The Morgan fingerprint density at radius 2 is 1.96 bits per heavy atom. The van der Waals surface area contributed by atoms with Crippen LogP contribution in [0.4, 0.5) is 5.69 Å². The first-order valence-corrected chi connectivity index (χ1v) is 8.97. The van der Waals surface area contributed by atoms with E-state index >= 15 is 0 Å². The van der Waals surface area contributed by atoms with Crippen LogP contribution in [-0.4, -0.2) is 17.7 Å². The minimum atomic E-state index is -0.195. The summed E-state index contributed by atoms with van der Waals surface area (Å²) in [5.41, 5.74) is 3.59. The Hall–Kier alpha value is -3.12. The van der Waals surface area contributed by atoms with Crippen LogP contribution in [0, 0.1) is 6.92 Å².